The number of nitrogen functional groups attached to an aromatic ring is 1. The molecular formula is C12H16N4O3. The maximum atomic E-state index is 10.7. The van der Waals surface area contributed by atoms with Crippen LogP contribution >= 0.6 is 0 Å². The fourth-order valence-electron chi connectivity index (χ4n) is 2.93. The summed E-state index contributed by atoms with van der Waals surface area (Å²) in [5.74, 6) is 0.424. The van der Waals surface area contributed by atoms with Gasteiger partial charge in [0.25, 0.3) is 5.69 Å². The molecule has 0 amide bonds. The van der Waals surface area contributed by atoms with Gasteiger partial charge in [0.05, 0.1) is 17.1 Å². The Hall–Kier alpha value is -1.86. The van der Waals surface area contributed by atoms with Crippen molar-refractivity contribution < 1.29 is 9.66 Å². The molecule has 0 aromatic heterocycles. The lowest BCUT2D eigenvalue weighted by Crippen LogP contribution is -2.65. The Morgan fingerprint density at radius 3 is 2.95 bits per heavy atom. The van der Waals surface area contributed by atoms with Crippen LogP contribution in [0.2, 0.25) is 0 Å². The fourth-order valence-corrected chi connectivity index (χ4v) is 2.93. The van der Waals surface area contributed by atoms with Crippen molar-refractivity contribution in [2.45, 2.75) is 24.6 Å². The molecule has 1 aliphatic heterocycles. The van der Waals surface area contributed by atoms with Crippen molar-refractivity contribution in [3.63, 3.8) is 0 Å². The first-order valence-electron chi connectivity index (χ1n) is 6.25. The van der Waals surface area contributed by atoms with Gasteiger partial charge in [-0.25, -0.2) is 0 Å². The number of rotatable bonds is 3. The molecule has 4 atom stereocenters. The first-order valence-corrected chi connectivity index (χ1v) is 6.25. The van der Waals surface area contributed by atoms with Gasteiger partial charge in [-0.1, -0.05) is 0 Å². The van der Waals surface area contributed by atoms with Crippen LogP contribution in [0.5, 0.6) is 0 Å². The fraction of sp³-hybridized carbons (Fsp3) is 0.500. The first-order chi connectivity index (χ1) is 9.08. The van der Waals surface area contributed by atoms with Crippen LogP contribution < -0.4 is 16.8 Å². The van der Waals surface area contributed by atoms with E-state index < -0.39 is 4.92 Å². The number of benzene rings is 1. The summed E-state index contributed by atoms with van der Waals surface area (Å²) in [6.45, 7) is 0.754. The van der Waals surface area contributed by atoms with Crippen LogP contribution in [0.3, 0.4) is 0 Å². The van der Waals surface area contributed by atoms with Crippen LogP contribution in [0, 0.1) is 16.0 Å². The maximum Gasteiger partial charge on any atom is 0.292 e. The minimum absolute atomic E-state index is 0.0494. The molecule has 1 aliphatic carbocycles. The van der Waals surface area contributed by atoms with E-state index in [0.29, 0.717) is 5.92 Å². The molecule has 0 spiro atoms. The zero-order chi connectivity index (χ0) is 13.6. The number of nitro benzene ring substituents is 1. The molecule has 7 nitrogen and oxygen atoms in total. The molecule has 5 N–H and O–H groups in total. The van der Waals surface area contributed by atoms with Crippen molar-refractivity contribution in [1.29, 1.82) is 0 Å². The van der Waals surface area contributed by atoms with Gasteiger partial charge in [-0.05, 0) is 18.6 Å². The Labute approximate surface area is 110 Å². The number of nitro groups is 1. The molecule has 1 saturated heterocycles. The second kappa shape index (κ2) is 4.36. The lowest BCUT2D eigenvalue weighted by Gasteiger charge is -2.46. The Morgan fingerprint density at radius 2 is 2.26 bits per heavy atom. The minimum atomic E-state index is -0.496. The predicted octanol–water partition coefficient (Wildman–Crippen LogP) is 0.703. The molecule has 1 saturated carbocycles. The molecule has 102 valence electrons. The van der Waals surface area contributed by atoms with Gasteiger partial charge in [-0.15, -0.1) is 0 Å². The summed E-state index contributed by atoms with van der Waals surface area (Å²) in [4.78, 5) is 10.2. The van der Waals surface area contributed by atoms with E-state index in [0.717, 1.165) is 18.7 Å². The highest BCUT2D eigenvalue weighted by atomic mass is 16.6. The third kappa shape index (κ3) is 1.91. The molecule has 19 heavy (non-hydrogen) atoms. The van der Waals surface area contributed by atoms with Gasteiger partial charge >= 0.3 is 0 Å². The van der Waals surface area contributed by atoms with Crippen molar-refractivity contribution in [1.82, 2.24) is 0 Å². The summed E-state index contributed by atoms with van der Waals surface area (Å²) >= 11 is 0. The van der Waals surface area contributed by atoms with Crippen molar-refractivity contribution in [2.75, 3.05) is 17.7 Å². The van der Waals surface area contributed by atoms with Gasteiger partial charge in [0.1, 0.15) is 5.69 Å². The van der Waals surface area contributed by atoms with Crippen molar-refractivity contribution >= 4 is 17.1 Å². The lowest BCUT2D eigenvalue weighted by atomic mass is 9.72. The van der Waals surface area contributed by atoms with E-state index >= 15 is 0 Å². The average molecular weight is 264 g/mol. The molecular weight excluding hydrogens is 248 g/mol. The normalized spacial score (nSPS) is 32.5. The molecule has 1 aromatic carbocycles. The van der Waals surface area contributed by atoms with Gasteiger partial charge in [0.15, 0.2) is 0 Å². The van der Waals surface area contributed by atoms with Crippen LogP contribution in [0.1, 0.15) is 6.42 Å². The third-order valence-electron chi connectivity index (χ3n) is 4.00. The smallest absolute Gasteiger partial charge is 0.292 e. The largest absolute Gasteiger partial charge is 0.393 e. The number of anilines is 2. The van der Waals surface area contributed by atoms with Gasteiger partial charge < -0.3 is 21.5 Å². The summed E-state index contributed by atoms with van der Waals surface area (Å²) in [5.41, 5.74) is 12.5. The Morgan fingerprint density at radius 1 is 1.47 bits per heavy atom. The van der Waals surface area contributed by atoms with Crippen LogP contribution in [0.4, 0.5) is 17.1 Å². The van der Waals surface area contributed by atoms with E-state index in [4.69, 9.17) is 16.2 Å². The van der Waals surface area contributed by atoms with Gasteiger partial charge in [0.2, 0.25) is 0 Å². The SMILES string of the molecule is Nc1cc(NC2C(N)C3CCOC32)ccc1[N+](=O)[O-]. The monoisotopic (exact) mass is 264 g/mol. The summed E-state index contributed by atoms with van der Waals surface area (Å²) in [6, 6.07) is 4.71. The van der Waals surface area contributed by atoms with Crippen LogP contribution in [0.25, 0.3) is 0 Å². The number of nitrogens with one attached hydrogen (secondary N) is 1. The highest BCUT2D eigenvalue weighted by Crippen LogP contribution is 2.39. The molecule has 0 radical (unpaired) electrons. The zero-order valence-electron chi connectivity index (χ0n) is 10.3. The maximum absolute atomic E-state index is 10.7. The quantitative estimate of drug-likeness (QED) is 0.420. The summed E-state index contributed by atoms with van der Waals surface area (Å²) in [5, 5.41) is 13.9. The highest BCUT2D eigenvalue weighted by Gasteiger charge is 2.52. The molecule has 7 heteroatoms. The summed E-state index contributed by atoms with van der Waals surface area (Å²) < 4.78 is 5.62. The van der Waals surface area contributed by atoms with Crippen molar-refractivity contribution in [2.24, 2.45) is 11.7 Å². The average Bonchev–Trinajstić information content (AvgIpc) is 2.80. The van der Waals surface area contributed by atoms with Crippen LogP contribution in [-0.4, -0.2) is 29.7 Å². The van der Waals surface area contributed by atoms with Crippen LogP contribution in [-0.2, 0) is 4.74 Å². The van der Waals surface area contributed by atoms with E-state index in [2.05, 4.69) is 5.32 Å². The predicted molar refractivity (Wildman–Crippen MR) is 70.7 cm³/mol. The Kier molecular flexibility index (Phi) is 2.79. The second-order valence-corrected chi connectivity index (χ2v) is 5.07. The Bertz CT molecular complexity index is 522. The lowest BCUT2D eigenvalue weighted by molar-refractivity contribution is -0.383. The number of fused-ring (bicyclic) bond motifs is 1. The van der Waals surface area contributed by atoms with Gasteiger partial charge in [0, 0.05) is 30.3 Å². The summed E-state index contributed by atoms with van der Waals surface area (Å²) in [7, 11) is 0. The number of hydrogen-bond acceptors (Lipinski definition) is 6. The molecule has 1 aromatic rings. The topological polar surface area (TPSA) is 116 Å². The number of hydrogen-bond donors (Lipinski definition) is 3. The zero-order valence-corrected chi connectivity index (χ0v) is 10.3. The molecule has 0 bridgehead atoms. The van der Waals surface area contributed by atoms with E-state index in [-0.39, 0.29) is 29.6 Å². The van der Waals surface area contributed by atoms with E-state index in [9.17, 15) is 10.1 Å². The molecule has 1 heterocycles. The molecule has 4 unspecified atom stereocenters. The molecule has 2 aliphatic rings. The minimum Gasteiger partial charge on any atom is -0.393 e. The number of nitrogens with two attached hydrogens (primary N) is 2. The number of ether oxygens (including phenoxy) is 1. The third-order valence-corrected chi connectivity index (χ3v) is 4.00. The number of nitrogens with zero attached hydrogens (tertiary/aromatic N) is 1. The van der Waals surface area contributed by atoms with Gasteiger partial charge in [-0.2, -0.15) is 0 Å². The second-order valence-electron chi connectivity index (χ2n) is 5.07. The Balaban J connectivity index is 1.74. The van der Waals surface area contributed by atoms with Crippen molar-refractivity contribution in [3.8, 4) is 0 Å². The molecule has 3 rings (SSSR count). The standard InChI is InChI=1S/C12H16N4O3/c13-8-5-6(1-2-9(8)16(17)18)15-11-10(14)7-3-4-19-12(7)11/h1-2,5,7,10-12,15H,3-4,13-14H2. The molecule has 2 fully saturated rings. The summed E-state index contributed by atoms with van der Waals surface area (Å²) in [6.07, 6.45) is 1.15. The van der Waals surface area contributed by atoms with Crippen molar-refractivity contribution in [3.05, 3.63) is 28.3 Å². The highest BCUT2D eigenvalue weighted by molar-refractivity contribution is 5.66. The first kappa shape index (κ1) is 12.2. The van der Waals surface area contributed by atoms with E-state index in [1.807, 2.05) is 0 Å². The van der Waals surface area contributed by atoms with E-state index in [1.54, 1.807) is 12.1 Å². The van der Waals surface area contributed by atoms with Gasteiger partial charge in [-0.3, -0.25) is 10.1 Å². The van der Waals surface area contributed by atoms with Crippen LogP contribution in [0.15, 0.2) is 18.2 Å². The van der Waals surface area contributed by atoms with E-state index in [1.165, 1.54) is 6.07 Å².